The minimum absolute atomic E-state index is 0.0496. The summed E-state index contributed by atoms with van der Waals surface area (Å²) in [7, 11) is -7.65. The lowest BCUT2D eigenvalue weighted by Gasteiger charge is -2.23. The largest absolute Gasteiger partial charge is 0.478 e. The van der Waals surface area contributed by atoms with E-state index in [0.717, 1.165) is 29.8 Å². The first kappa shape index (κ1) is 88.3. The van der Waals surface area contributed by atoms with Crippen LogP contribution in [-0.4, -0.2) is 67.9 Å². The third kappa shape index (κ3) is 20.8. The lowest BCUT2D eigenvalue weighted by Crippen LogP contribution is -2.26. The van der Waals surface area contributed by atoms with Crippen LogP contribution in [0.5, 0.6) is 57.5 Å². The van der Waals surface area contributed by atoms with Crippen LogP contribution in [0.2, 0.25) is 0 Å². The quantitative estimate of drug-likeness (QED) is 0.0167. The zero-order valence-electron chi connectivity index (χ0n) is 69.8. The fraction of sp³-hybridized carbons (Fsp3) is 0. The van der Waals surface area contributed by atoms with Gasteiger partial charge in [0.15, 0.2) is 14.3 Å². The number of rotatable bonds is 28. The summed E-state index contributed by atoms with van der Waals surface area (Å²) in [5, 5.41) is 54.7. The Morgan fingerprint density at radius 3 is 0.729 bits per heavy atom. The van der Waals surface area contributed by atoms with E-state index < -0.39 is 72.9 Å². The van der Waals surface area contributed by atoms with E-state index in [9.17, 15) is 58.8 Å². The SMILES string of the molecule is O=C(O)c1ccc(C#Cc2ccccc2)cc1C(=O)Nc1cccc(Oc2ccc(P(=O)(c3ccccc3)c3ccccc3)c(Oc3cccc(NC(=O)c4cc(Oc5ccc(C(=O)O)c(C(=O)Nc6cccc(Oc7ccc(P(=O)(c8ccccc8)c8ccccc8)c(Oc8cccc(NC(=O)c9cc(C#Cc%10ccccc%10)ccc9C(=O)O)c8)c7)c6)c5)ccc4C(=O)O)c3)c2)c1. The molecular weight excluding hydrogens is 1720 g/mol. The van der Waals surface area contributed by atoms with E-state index in [-0.39, 0.29) is 124 Å². The average molecular weight is 1790 g/mol. The fourth-order valence-corrected chi connectivity index (χ4v) is 19.9. The Morgan fingerprint density at radius 1 is 0.211 bits per heavy atom. The predicted octanol–water partition coefficient (Wildman–Crippen LogP) is 20.5. The summed E-state index contributed by atoms with van der Waals surface area (Å²) in [6.07, 6.45) is 0. The van der Waals surface area contributed by atoms with Crippen LogP contribution in [0.25, 0.3) is 0 Å². The van der Waals surface area contributed by atoms with Gasteiger partial charge in [0.2, 0.25) is 0 Å². The maximum absolute atomic E-state index is 16.2. The molecule has 0 aliphatic rings. The molecule has 0 aliphatic carbocycles. The molecule has 0 spiro atoms. The Bertz CT molecular complexity index is 7400. The van der Waals surface area contributed by atoms with Crippen molar-refractivity contribution < 1.29 is 91.6 Å². The molecule has 0 heterocycles. The highest BCUT2D eigenvalue weighted by Gasteiger charge is 2.36. The molecular formula is C108H72N4O19P2. The standard InChI is InChI=1S/C108H72N4O19P2/c113-101(93-59-71(47-53-89(93)105(117)118)45-43-69-23-7-1-8-24-69)109-73-27-19-31-77(61-73)127-83-51-57-100(133(126,87-39-15-5-16-40-87)88-41-17-6-18-42-88)98(67-83)131-80-34-22-30-76(64-80)112-104(116)96-66-82(50-56-92(96)108(123)124)129-81-49-55-91(107(121)122)95(65-81)103(115)111-74-28-20-32-78(62-74)128-84-52-58-99(132(125,85-35-11-3-12-36-85)86-37-13-4-14-38-86)97(68-84)130-79-33-21-29-75(63-79)110-102(114)94-60-72(48-54-90(94)106(119)120)46-44-70-25-9-2-10-26-70/h1-42,47-68H,(H,109,113)(H,110,114)(H,111,115)(H,112,116)(H,117,118)(H,119,120)(H,121,122)(H,123,124). The third-order valence-corrected chi connectivity index (χ3v) is 26.9. The number of aromatic carboxylic acids is 4. The van der Waals surface area contributed by atoms with Crippen LogP contribution in [-0.2, 0) is 9.13 Å². The molecule has 8 N–H and O–H groups in total. The Hall–Kier alpha value is -18.1. The van der Waals surface area contributed by atoms with Crippen molar-refractivity contribution in [2.45, 2.75) is 0 Å². The number of ether oxygens (including phenoxy) is 5. The topological polar surface area (TPSA) is 346 Å². The van der Waals surface area contributed by atoms with Gasteiger partial charge in [-0.05, 0) is 170 Å². The van der Waals surface area contributed by atoms with Gasteiger partial charge in [-0.25, -0.2) is 19.2 Å². The van der Waals surface area contributed by atoms with Gasteiger partial charge in [-0.3, -0.25) is 19.2 Å². The molecule has 0 unspecified atom stereocenters. The number of hydrogen-bond acceptors (Lipinski definition) is 15. The first-order valence-corrected chi connectivity index (χ1v) is 44.4. The molecule has 133 heavy (non-hydrogen) atoms. The molecule has 0 radical (unpaired) electrons. The second kappa shape index (κ2) is 39.8. The van der Waals surface area contributed by atoms with Crippen molar-refractivity contribution in [1.82, 2.24) is 0 Å². The summed E-state index contributed by atoms with van der Waals surface area (Å²) in [6.45, 7) is 0. The highest BCUT2D eigenvalue weighted by Crippen LogP contribution is 2.49. The Balaban J connectivity index is 0.635. The Labute approximate surface area is 760 Å². The molecule has 23 nitrogen and oxygen atoms in total. The van der Waals surface area contributed by atoms with Crippen molar-refractivity contribution in [3.05, 3.63) is 455 Å². The summed E-state index contributed by atoms with van der Waals surface area (Å²) in [5.41, 5.74) is 0.467. The van der Waals surface area contributed by atoms with Gasteiger partial charge in [-0.15, -0.1) is 0 Å². The van der Waals surface area contributed by atoms with Crippen molar-refractivity contribution in [2.24, 2.45) is 0 Å². The zero-order chi connectivity index (χ0) is 92.5. The number of carboxylic acid groups (broad SMARTS) is 4. The van der Waals surface area contributed by atoms with Crippen LogP contribution in [0.1, 0.15) is 105 Å². The molecule has 0 saturated carbocycles. The molecule has 16 rings (SSSR count). The van der Waals surface area contributed by atoms with Crippen molar-refractivity contribution in [3.63, 3.8) is 0 Å². The number of carbonyl (C=O) groups excluding carboxylic acids is 4. The van der Waals surface area contributed by atoms with Crippen molar-refractivity contribution >= 4 is 116 Å². The summed E-state index contributed by atoms with van der Waals surface area (Å²) in [4.78, 5) is 108. The minimum Gasteiger partial charge on any atom is -0.478 e. The molecule has 0 aliphatic heterocycles. The van der Waals surface area contributed by atoms with Crippen molar-refractivity contribution in [1.29, 1.82) is 0 Å². The van der Waals surface area contributed by atoms with E-state index in [1.54, 1.807) is 206 Å². The smallest absolute Gasteiger partial charge is 0.336 e. The minimum atomic E-state index is -3.83. The van der Waals surface area contributed by atoms with Crippen LogP contribution in [0.15, 0.2) is 388 Å². The second-order valence-electron chi connectivity index (χ2n) is 29.6. The molecule has 16 aromatic rings. The second-order valence-corrected chi connectivity index (χ2v) is 35.1. The van der Waals surface area contributed by atoms with Crippen molar-refractivity contribution in [3.8, 4) is 81.2 Å². The van der Waals surface area contributed by atoms with Crippen LogP contribution < -0.4 is 76.8 Å². The van der Waals surface area contributed by atoms with Crippen molar-refractivity contribution in [2.75, 3.05) is 21.3 Å². The van der Waals surface area contributed by atoms with Gasteiger partial charge < -0.3 is 74.5 Å². The van der Waals surface area contributed by atoms with Gasteiger partial charge in [-0.1, -0.05) is 206 Å². The van der Waals surface area contributed by atoms with Crippen LogP contribution in [0, 0.1) is 23.7 Å². The van der Waals surface area contributed by atoms with Crippen LogP contribution >= 0.6 is 14.3 Å². The monoisotopic (exact) mass is 1790 g/mol. The zero-order valence-corrected chi connectivity index (χ0v) is 71.5. The number of amides is 4. The summed E-state index contributed by atoms with van der Waals surface area (Å²) < 4.78 is 64.9. The van der Waals surface area contributed by atoms with E-state index in [4.69, 9.17) is 23.7 Å². The molecule has 648 valence electrons. The van der Waals surface area contributed by atoms with E-state index in [0.29, 0.717) is 37.9 Å². The molecule has 0 saturated heterocycles. The first-order chi connectivity index (χ1) is 64.5. The number of benzene rings is 16. The summed E-state index contributed by atoms with van der Waals surface area (Å²) in [5.74, 6) is 3.96. The fourth-order valence-electron chi connectivity index (χ4n) is 14.5. The lowest BCUT2D eigenvalue weighted by atomic mass is 10.0. The Kier molecular flexibility index (Phi) is 26.4. The van der Waals surface area contributed by atoms with Crippen LogP contribution in [0.4, 0.5) is 22.7 Å². The van der Waals surface area contributed by atoms with E-state index in [1.807, 2.05) is 60.7 Å². The average Bonchev–Trinajstić information content (AvgIpc) is 0.753. The van der Waals surface area contributed by atoms with E-state index in [2.05, 4.69) is 44.9 Å². The molecule has 16 aromatic carbocycles. The number of carbonyl (C=O) groups is 8. The lowest BCUT2D eigenvalue weighted by molar-refractivity contribution is 0.0683. The van der Waals surface area contributed by atoms with Gasteiger partial charge in [0, 0.05) is 103 Å². The number of carboxylic acids is 4. The number of anilines is 4. The highest BCUT2D eigenvalue weighted by atomic mass is 31.2. The Morgan fingerprint density at radius 2 is 0.444 bits per heavy atom. The number of hydrogen-bond donors (Lipinski definition) is 8. The predicted molar refractivity (Wildman–Crippen MR) is 508 cm³/mol. The molecule has 0 bridgehead atoms. The molecule has 4 amide bonds. The normalized spacial score (nSPS) is 10.9. The summed E-state index contributed by atoms with van der Waals surface area (Å²) in [6, 6.07) is 104. The van der Waals surface area contributed by atoms with Gasteiger partial charge in [0.1, 0.15) is 57.5 Å². The van der Waals surface area contributed by atoms with Gasteiger partial charge in [-0.2, -0.15) is 0 Å². The number of nitrogens with one attached hydrogen (secondary N) is 4. The van der Waals surface area contributed by atoms with Gasteiger partial charge >= 0.3 is 23.9 Å². The maximum atomic E-state index is 16.2. The molecule has 25 heteroatoms. The van der Waals surface area contributed by atoms with Gasteiger partial charge in [0.05, 0.1) is 55.1 Å². The molecule has 0 fully saturated rings. The third-order valence-electron chi connectivity index (χ3n) is 20.7. The van der Waals surface area contributed by atoms with E-state index >= 15 is 9.13 Å². The van der Waals surface area contributed by atoms with Crippen LogP contribution in [0.3, 0.4) is 0 Å². The maximum Gasteiger partial charge on any atom is 0.336 e. The highest BCUT2D eigenvalue weighted by molar-refractivity contribution is 7.86. The molecule has 0 aromatic heterocycles. The van der Waals surface area contributed by atoms with E-state index in [1.165, 1.54) is 97.1 Å². The van der Waals surface area contributed by atoms with Gasteiger partial charge in [0.25, 0.3) is 23.6 Å². The first-order valence-electron chi connectivity index (χ1n) is 41.0. The summed E-state index contributed by atoms with van der Waals surface area (Å²) >= 11 is 0. The molecule has 0 atom stereocenters.